The topological polar surface area (TPSA) is 68.8 Å². The lowest BCUT2D eigenvalue weighted by Crippen LogP contribution is -2.49. The van der Waals surface area contributed by atoms with Gasteiger partial charge in [0.25, 0.3) is 0 Å². The summed E-state index contributed by atoms with van der Waals surface area (Å²) < 4.78 is 8.07. The number of hydrogen-bond acceptors (Lipinski definition) is 9. The van der Waals surface area contributed by atoms with Crippen LogP contribution in [-0.4, -0.2) is 79.4 Å². The average Bonchev–Trinajstić information content (AvgIpc) is 3.18. The summed E-state index contributed by atoms with van der Waals surface area (Å²) in [6.07, 6.45) is 8.09. The van der Waals surface area contributed by atoms with E-state index in [1.165, 1.54) is 17.5 Å². The lowest BCUT2D eigenvalue weighted by atomic mass is 9.99. The molecule has 0 bridgehead atoms. The zero-order chi connectivity index (χ0) is 27.4. The molecule has 2 N–H and O–H groups in total. The van der Waals surface area contributed by atoms with Crippen LogP contribution in [0.1, 0.15) is 24.0 Å². The van der Waals surface area contributed by atoms with E-state index < -0.39 is 0 Å². The number of benzene rings is 2. The Labute approximate surface area is 241 Å². The molecule has 39 heavy (non-hydrogen) atoms. The fourth-order valence-electron chi connectivity index (χ4n) is 5.55. The van der Waals surface area contributed by atoms with Crippen molar-refractivity contribution in [1.29, 1.82) is 0 Å². The van der Waals surface area contributed by atoms with E-state index in [4.69, 9.17) is 21.3 Å². The van der Waals surface area contributed by atoms with E-state index >= 15 is 0 Å². The summed E-state index contributed by atoms with van der Waals surface area (Å²) in [6, 6.07) is 13.0. The van der Waals surface area contributed by atoms with Gasteiger partial charge in [-0.15, -0.1) is 0 Å². The van der Waals surface area contributed by atoms with Crippen LogP contribution in [0.2, 0.25) is 5.02 Å². The number of aromatic nitrogens is 2. The molecule has 10 heteroatoms. The minimum absolute atomic E-state index is 0.450. The number of likely N-dealkylation sites (N-methyl/N-ethyl adjacent to an activating group) is 1. The Kier molecular flexibility index (Phi) is 9.02. The molecule has 1 fully saturated rings. The number of halogens is 1. The molecule has 1 unspecified atom stereocenters. The average molecular weight is 568 g/mol. The molecular weight excluding hydrogens is 530 g/mol. The van der Waals surface area contributed by atoms with E-state index in [2.05, 4.69) is 55.0 Å². The van der Waals surface area contributed by atoms with Crippen LogP contribution in [0, 0.1) is 0 Å². The highest BCUT2D eigenvalue weighted by molar-refractivity contribution is 7.99. The summed E-state index contributed by atoms with van der Waals surface area (Å²) in [5, 5.41) is 7.24. The second-order valence-electron chi connectivity index (χ2n) is 10.2. The molecule has 1 atom stereocenters. The number of nitrogens with one attached hydrogen (secondary N) is 2. The van der Waals surface area contributed by atoms with Crippen LogP contribution in [0.15, 0.2) is 42.6 Å². The van der Waals surface area contributed by atoms with Gasteiger partial charge in [-0.05, 0) is 62.1 Å². The first-order chi connectivity index (χ1) is 19.0. The van der Waals surface area contributed by atoms with Crippen molar-refractivity contribution in [3.05, 3.63) is 58.7 Å². The molecule has 8 nitrogen and oxygen atoms in total. The molecule has 0 radical (unpaired) electrons. The fraction of sp³-hybridized carbons (Fsp3) is 0.448. The Balaban J connectivity index is 1.37. The first kappa shape index (κ1) is 27.8. The predicted octanol–water partition coefficient (Wildman–Crippen LogP) is 5.83. The number of rotatable bonds is 8. The molecule has 3 aromatic rings. The van der Waals surface area contributed by atoms with Gasteiger partial charge in [-0.3, -0.25) is 4.90 Å². The van der Waals surface area contributed by atoms with Crippen LogP contribution >= 0.6 is 23.5 Å². The SMILES string of the molecule is COc1c(Nc2ncc(Cl)c(Nc3ccccc3N(C)SC)n2)ccc2c1CCCC(N1CCN(C)CC1)C2. The van der Waals surface area contributed by atoms with Crippen LogP contribution in [0.4, 0.5) is 28.8 Å². The third kappa shape index (κ3) is 6.38. The zero-order valence-corrected chi connectivity index (χ0v) is 24.8. The van der Waals surface area contributed by atoms with Gasteiger partial charge in [0.1, 0.15) is 10.8 Å². The molecule has 1 aromatic heterocycles. The van der Waals surface area contributed by atoms with Crippen LogP contribution in [0.25, 0.3) is 0 Å². The Morgan fingerprint density at radius 2 is 1.87 bits per heavy atom. The standard InChI is InChI=1S/C29H38ClN7OS/c1-35-14-16-37(17-15-35)21-8-7-9-22-20(18-21)12-13-25(27(22)38-3)33-29-31-19-23(30)28(34-29)32-24-10-5-6-11-26(24)36(2)39-4/h5-6,10-13,19,21H,7-9,14-18H2,1-4H3,(H2,31,32,33,34). The van der Waals surface area contributed by atoms with Crippen LogP contribution < -0.4 is 19.7 Å². The lowest BCUT2D eigenvalue weighted by Gasteiger charge is -2.37. The molecule has 1 aliphatic carbocycles. The summed E-state index contributed by atoms with van der Waals surface area (Å²) in [5.74, 6) is 1.88. The summed E-state index contributed by atoms with van der Waals surface area (Å²) >= 11 is 8.14. The van der Waals surface area contributed by atoms with Gasteiger partial charge >= 0.3 is 0 Å². The van der Waals surface area contributed by atoms with Crippen molar-refractivity contribution in [3.63, 3.8) is 0 Å². The van der Waals surface area contributed by atoms with Crippen LogP contribution in [0.3, 0.4) is 0 Å². The molecule has 0 spiro atoms. The van der Waals surface area contributed by atoms with Gasteiger partial charge < -0.3 is 24.6 Å². The second-order valence-corrected chi connectivity index (χ2v) is 11.5. The summed E-state index contributed by atoms with van der Waals surface area (Å²) in [7, 11) is 5.99. The third-order valence-electron chi connectivity index (χ3n) is 7.80. The van der Waals surface area contributed by atoms with Crippen molar-refractivity contribution in [2.45, 2.75) is 31.7 Å². The van der Waals surface area contributed by atoms with E-state index in [0.717, 1.165) is 68.3 Å². The highest BCUT2D eigenvalue weighted by atomic mass is 35.5. The summed E-state index contributed by atoms with van der Waals surface area (Å²) in [4.78, 5) is 14.3. The van der Waals surface area contributed by atoms with E-state index in [-0.39, 0.29) is 0 Å². The predicted molar refractivity (Wildman–Crippen MR) is 164 cm³/mol. The number of para-hydroxylation sites is 2. The number of fused-ring (bicyclic) bond motifs is 1. The van der Waals surface area contributed by atoms with Crippen molar-refractivity contribution < 1.29 is 4.74 Å². The number of ether oxygens (including phenoxy) is 1. The second kappa shape index (κ2) is 12.6. The van der Waals surface area contributed by atoms with Gasteiger partial charge in [-0.2, -0.15) is 4.98 Å². The maximum atomic E-state index is 6.51. The highest BCUT2D eigenvalue weighted by Gasteiger charge is 2.27. The van der Waals surface area contributed by atoms with E-state index in [1.54, 1.807) is 25.3 Å². The molecule has 0 amide bonds. The Hall–Kier alpha value is -2.72. The Morgan fingerprint density at radius 1 is 1.08 bits per heavy atom. The maximum Gasteiger partial charge on any atom is 0.229 e. The molecule has 2 heterocycles. The molecule has 1 saturated heterocycles. The number of methoxy groups -OCH3 is 1. The van der Waals surface area contributed by atoms with Crippen molar-refractivity contribution in [1.82, 2.24) is 19.8 Å². The third-order valence-corrected chi connectivity index (χ3v) is 8.82. The van der Waals surface area contributed by atoms with Gasteiger partial charge in [0, 0.05) is 45.5 Å². The molecule has 2 aromatic carbocycles. The monoisotopic (exact) mass is 567 g/mol. The van der Waals surface area contributed by atoms with E-state index in [0.29, 0.717) is 22.8 Å². The fourth-order valence-corrected chi connectivity index (χ4v) is 6.04. The van der Waals surface area contributed by atoms with Gasteiger partial charge in [0.2, 0.25) is 5.95 Å². The highest BCUT2D eigenvalue weighted by Crippen LogP contribution is 2.38. The van der Waals surface area contributed by atoms with Crippen molar-refractivity contribution in [2.24, 2.45) is 0 Å². The van der Waals surface area contributed by atoms with Crippen molar-refractivity contribution in [3.8, 4) is 5.75 Å². The van der Waals surface area contributed by atoms with Crippen LogP contribution in [0.5, 0.6) is 5.75 Å². The van der Waals surface area contributed by atoms with E-state index in [9.17, 15) is 0 Å². The van der Waals surface area contributed by atoms with Crippen molar-refractivity contribution in [2.75, 3.05) is 68.6 Å². The Bertz CT molecular complexity index is 1280. The minimum Gasteiger partial charge on any atom is -0.494 e. The molecular formula is C29H38ClN7OS. The molecule has 5 rings (SSSR count). The molecule has 1 aliphatic heterocycles. The van der Waals surface area contributed by atoms with Gasteiger partial charge in [-0.1, -0.05) is 41.7 Å². The normalized spacial score (nSPS) is 18.2. The smallest absolute Gasteiger partial charge is 0.229 e. The van der Waals surface area contributed by atoms with Crippen molar-refractivity contribution >= 4 is 52.4 Å². The van der Waals surface area contributed by atoms with Crippen LogP contribution in [-0.2, 0) is 12.8 Å². The lowest BCUT2D eigenvalue weighted by molar-refractivity contribution is 0.106. The molecule has 208 valence electrons. The van der Waals surface area contributed by atoms with Gasteiger partial charge in [0.05, 0.1) is 30.4 Å². The summed E-state index contributed by atoms with van der Waals surface area (Å²) in [6.45, 7) is 4.59. The number of anilines is 5. The molecule has 2 aliphatic rings. The minimum atomic E-state index is 0.450. The van der Waals surface area contributed by atoms with Gasteiger partial charge in [0.15, 0.2) is 5.82 Å². The number of hydrogen-bond donors (Lipinski definition) is 2. The molecule has 0 saturated carbocycles. The number of nitrogens with zero attached hydrogens (tertiary/aromatic N) is 5. The summed E-state index contributed by atoms with van der Waals surface area (Å²) in [5.41, 5.74) is 5.49. The van der Waals surface area contributed by atoms with Gasteiger partial charge in [-0.25, -0.2) is 4.98 Å². The number of piperazine rings is 1. The van der Waals surface area contributed by atoms with E-state index in [1.807, 2.05) is 31.5 Å². The first-order valence-corrected chi connectivity index (χ1v) is 15.1. The quantitative estimate of drug-likeness (QED) is 0.258. The largest absolute Gasteiger partial charge is 0.494 e. The maximum absolute atomic E-state index is 6.51. The Morgan fingerprint density at radius 3 is 2.64 bits per heavy atom. The zero-order valence-electron chi connectivity index (χ0n) is 23.2. The first-order valence-electron chi connectivity index (χ1n) is 13.5.